The molecule has 7 heteroatoms. The van der Waals surface area contributed by atoms with Gasteiger partial charge in [-0.25, -0.2) is 4.79 Å². The van der Waals surface area contributed by atoms with Gasteiger partial charge in [0.25, 0.3) is 0 Å². The van der Waals surface area contributed by atoms with E-state index in [2.05, 4.69) is 5.32 Å². The summed E-state index contributed by atoms with van der Waals surface area (Å²) in [6.45, 7) is -0.664. The van der Waals surface area contributed by atoms with Crippen LogP contribution >= 0.6 is 23.2 Å². The van der Waals surface area contributed by atoms with Crippen LogP contribution in [0, 0.1) is 0 Å². The summed E-state index contributed by atoms with van der Waals surface area (Å²) in [6, 6.07) is 3.38. The summed E-state index contributed by atoms with van der Waals surface area (Å²) in [5, 5.41) is 20.3. The summed E-state index contributed by atoms with van der Waals surface area (Å²) in [7, 11) is 0. The molecule has 1 rings (SSSR count). The van der Waals surface area contributed by atoms with E-state index in [1.807, 2.05) is 0 Å². The quantitative estimate of drug-likeness (QED) is 0.758. The number of carbonyl (C=O) groups excluding carboxylic acids is 1. The molecule has 1 atom stereocenters. The van der Waals surface area contributed by atoms with Crippen molar-refractivity contribution in [2.24, 2.45) is 0 Å². The van der Waals surface area contributed by atoms with E-state index in [4.69, 9.17) is 33.4 Å². The van der Waals surface area contributed by atoms with Crippen molar-refractivity contribution in [1.82, 2.24) is 5.32 Å². The third-order valence-electron chi connectivity index (χ3n) is 2.16. The molecule has 0 aliphatic rings. The maximum Gasteiger partial charge on any atom is 0.328 e. The van der Waals surface area contributed by atoms with Gasteiger partial charge < -0.3 is 15.5 Å². The summed E-state index contributed by atoms with van der Waals surface area (Å²) in [5.41, 5.74) is 0.601. The van der Waals surface area contributed by atoms with E-state index in [0.29, 0.717) is 15.6 Å². The molecule has 0 radical (unpaired) electrons. The van der Waals surface area contributed by atoms with E-state index in [1.165, 1.54) is 6.07 Å². The number of carboxylic acid groups (broad SMARTS) is 1. The Balaban J connectivity index is 2.64. The van der Waals surface area contributed by atoms with E-state index >= 15 is 0 Å². The molecule has 0 aliphatic heterocycles. The van der Waals surface area contributed by atoms with Crippen molar-refractivity contribution >= 4 is 35.1 Å². The molecule has 98 valence electrons. The largest absolute Gasteiger partial charge is 0.480 e. The molecule has 0 heterocycles. The standard InChI is InChI=1S/C11H11Cl2NO4/c12-7-2-1-6(3-8(7)13)4-10(16)14-9(5-15)11(17)18/h1-3,9,15H,4-5H2,(H,14,16)(H,17,18)/t9-/m0/s1. The smallest absolute Gasteiger partial charge is 0.328 e. The molecule has 0 aliphatic carbocycles. The first kappa shape index (κ1) is 14.8. The van der Waals surface area contributed by atoms with Crippen molar-refractivity contribution in [2.75, 3.05) is 6.61 Å². The monoisotopic (exact) mass is 291 g/mol. The van der Waals surface area contributed by atoms with Gasteiger partial charge in [0.15, 0.2) is 0 Å². The van der Waals surface area contributed by atoms with Crippen molar-refractivity contribution in [3.63, 3.8) is 0 Å². The van der Waals surface area contributed by atoms with Crippen molar-refractivity contribution in [2.45, 2.75) is 12.5 Å². The number of carbonyl (C=O) groups is 2. The topological polar surface area (TPSA) is 86.6 Å². The lowest BCUT2D eigenvalue weighted by molar-refractivity contribution is -0.142. The molecule has 0 fully saturated rings. The average Bonchev–Trinajstić information content (AvgIpc) is 2.30. The van der Waals surface area contributed by atoms with E-state index in [9.17, 15) is 9.59 Å². The fourth-order valence-corrected chi connectivity index (χ4v) is 1.59. The maximum atomic E-state index is 11.5. The molecule has 1 aromatic carbocycles. The highest BCUT2D eigenvalue weighted by Crippen LogP contribution is 2.22. The summed E-state index contributed by atoms with van der Waals surface area (Å²) in [4.78, 5) is 22.1. The Morgan fingerprint density at radius 2 is 1.94 bits per heavy atom. The van der Waals surface area contributed by atoms with Crippen molar-refractivity contribution in [3.05, 3.63) is 33.8 Å². The minimum atomic E-state index is -1.31. The van der Waals surface area contributed by atoms with Gasteiger partial charge >= 0.3 is 5.97 Å². The van der Waals surface area contributed by atoms with Crippen LogP contribution in [0.15, 0.2) is 18.2 Å². The second kappa shape index (κ2) is 6.58. The van der Waals surface area contributed by atoms with Crippen LogP contribution in [0.1, 0.15) is 5.56 Å². The first-order chi connectivity index (χ1) is 8.43. The summed E-state index contributed by atoms with van der Waals surface area (Å²) in [5.74, 6) is -1.81. The number of nitrogens with one attached hydrogen (secondary N) is 1. The van der Waals surface area contributed by atoms with E-state index in [-0.39, 0.29) is 6.42 Å². The van der Waals surface area contributed by atoms with Gasteiger partial charge in [-0.3, -0.25) is 4.79 Å². The summed E-state index contributed by atoms with van der Waals surface area (Å²) in [6.07, 6.45) is -0.0410. The number of aliphatic carboxylic acids is 1. The highest BCUT2D eigenvalue weighted by atomic mass is 35.5. The maximum absolute atomic E-state index is 11.5. The Kier molecular flexibility index (Phi) is 5.40. The zero-order valence-electron chi connectivity index (χ0n) is 9.19. The Hall–Kier alpha value is -1.30. The number of aliphatic hydroxyl groups excluding tert-OH is 1. The number of aliphatic hydroxyl groups is 1. The fraction of sp³-hybridized carbons (Fsp3) is 0.273. The molecular formula is C11H11Cl2NO4. The summed E-state index contributed by atoms with van der Waals surface area (Å²) < 4.78 is 0. The third-order valence-corrected chi connectivity index (χ3v) is 2.90. The molecule has 3 N–H and O–H groups in total. The zero-order valence-corrected chi connectivity index (χ0v) is 10.7. The fourth-order valence-electron chi connectivity index (χ4n) is 1.27. The number of amides is 1. The predicted octanol–water partition coefficient (Wildman–Crippen LogP) is 1.10. The Bertz CT molecular complexity index is 464. The molecular weight excluding hydrogens is 281 g/mol. The molecule has 1 aromatic rings. The van der Waals surface area contributed by atoms with Gasteiger partial charge in [-0.15, -0.1) is 0 Å². The van der Waals surface area contributed by atoms with Gasteiger partial charge in [0.1, 0.15) is 6.04 Å². The van der Waals surface area contributed by atoms with E-state index in [1.54, 1.807) is 12.1 Å². The molecule has 0 saturated heterocycles. The van der Waals surface area contributed by atoms with Gasteiger partial charge in [-0.2, -0.15) is 0 Å². The van der Waals surface area contributed by atoms with Crippen LogP contribution in [-0.4, -0.2) is 34.7 Å². The third kappa shape index (κ3) is 4.18. The van der Waals surface area contributed by atoms with Crippen LogP contribution in [-0.2, 0) is 16.0 Å². The van der Waals surface area contributed by atoms with Gasteiger partial charge in [0.2, 0.25) is 5.91 Å². The first-order valence-corrected chi connectivity index (χ1v) is 5.76. The van der Waals surface area contributed by atoms with Crippen LogP contribution in [0.25, 0.3) is 0 Å². The van der Waals surface area contributed by atoms with Crippen LogP contribution in [0.4, 0.5) is 0 Å². The molecule has 0 saturated carbocycles. The number of halogens is 2. The highest BCUT2D eigenvalue weighted by molar-refractivity contribution is 6.42. The number of hydrogen-bond acceptors (Lipinski definition) is 3. The molecule has 0 unspecified atom stereocenters. The molecule has 0 bridgehead atoms. The lowest BCUT2D eigenvalue weighted by Gasteiger charge is -2.11. The van der Waals surface area contributed by atoms with Crippen LogP contribution in [0.5, 0.6) is 0 Å². The number of benzene rings is 1. The molecule has 5 nitrogen and oxygen atoms in total. The Morgan fingerprint density at radius 3 is 2.44 bits per heavy atom. The van der Waals surface area contributed by atoms with Crippen molar-refractivity contribution < 1.29 is 19.8 Å². The first-order valence-electron chi connectivity index (χ1n) is 5.01. The second-order valence-electron chi connectivity index (χ2n) is 3.57. The Labute approximate surface area is 113 Å². The molecule has 1 amide bonds. The molecule has 0 aromatic heterocycles. The zero-order chi connectivity index (χ0) is 13.7. The van der Waals surface area contributed by atoms with Gasteiger partial charge in [0.05, 0.1) is 23.1 Å². The Morgan fingerprint density at radius 1 is 1.28 bits per heavy atom. The minimum absolute atomic E-state index is 0.0410. The number of hydrogen-bond donors (Lipinski definition) is 3. The SMILES string of the molecule is O=C(Cc1ccc(Cl)c(Cl)c1)N[C@@H](CO)C(=O)O. The normalized spacial score (nSPS) is 11.9. The van der Waals surface area contributed by atoms with Gasteiger partial charge in [-0.1, -0.05) is 29.3 Å². The predicted molar refractivity (Wildman–Crippen MR) is 66.8 cm³/mol. The van der Waals surface area contributed by atoms with E-state index in [0.717, 1.165) is 0 Å². The lowest BCUT2D eigenvalue weighted by Crippen LogP contribution is -2.43. The van der Waals surface area contributed by atoms with Gasteiger partial charge in [-0.05, 0) is 17.7 Å². The van der Waals surface area contributed by atoms with Gasteiger partial charge in [0, 0.05) is 0 Å². The van der Waals surface area contributed by atoms with Crippen molar-refractivity contribution in [3.8, 4) is 0 Å². The number of carboxylic acids is 1. The second-order valence-corrected chi connectivity index (χ2v) is 4.38. The minimum Gasteiger partial charge on any atom is -0.480 e. The summed E-state index contributed by atoms with van der Waals surface area (Å²) >= 11 is 11.5. The molecule has 0 spiro atoms. The van der Waals surface area contributed by atoms with Crippen molar-refractivity contribution in [1.29, 1.82) is 0 Å². The highest BCUT2D eigenvalue weighted by Gasteiger charge is 2.18. The molecule has 18 heavy (non-hydrogen) atoms. The van der Waals surface area contributed by atoms with E-state index < -0.39 is 24.5 Å². The van der Waals surface area contributed by atoms with Crippen LogP contribution < -0.4 is 5.32 Å². The van der Waals surface area contributed by atoms with Crippen LogP contribution in [0.3, 0.4) is 0 Å². The average molecular weight is 292 g/mol. The van der Waals surface area contributed by atoms with Crippen LogP contribution in [0.2, 0.25) is 10.0 Å². The number of rotatable bonds is 5. The lowest BCUT2D eigenvalue weighted by atomic mass is 10.1.